The minimum Gasteiger partial charge on any atom is -0.372 e. The molecule has 0 radical (unpaired) electrons. The van der Waals surface area contributed by atoms with Crippen LogP contribution in [-0.4, -0.2) is 17.4 Å². The fourth-order valence-electron chi connectivity index (χ4n) is 3.08. The molecule has 5 nitrogen and oxygen atoms in total. The summed E-state index contributed by atoms with van der Waals surface area (Å²) in [5.41, 5.74) is 3.97. The van der Waals surface area contributed by atoms with E-state index in [0.717, 1.165) is 16.7 Å². The summed E-state index contributed by atoms with van der Waals surface area (Å²) in [7, 11) is 0. The fourth-order valence-corrected chi connectivity index (χ4v) is 3.08. The van der Waals surface area contributed by atoms with E-state index in [2.05, 4.69) is 10.6 Å². The summed E-state index contributed by atoms with van der Waals surface area (Å²) < 4.78 is 5.76. The third kappa shape index (κ3) is 7.36. The first-order valence-electron chi connectivity index (χ1n) is 10.7. The minimum absolute atomic E-state index is 0.155. The number of carbonyl (C=O) groups excluding carboxylic acids is 2. The van der Waals surface area contributed by atoms with Crippen LogP contribution in [0.3, 0.4) is 0 Å². The Morgan fingerprint density at radius 2 is 1.19 bits per heavy atom. The molecule has 0 aliphatic carbocycles. The zero-order valence-electron chi connectivity index (χ0n) is 18.9. The number of hydrogen-bond acceptors (Lipinski definition) is 3. The molecule has 3 aromatic rings. The number of nitrogens with one attached hydrogen (secondary N) is 2. The molecule has 3 rings (SSSR count). The maximum Gasteiger partial charge on any atom is 0.251 e. The van der Waals surface area contributed by atoms with Gasteiger partial charge in [0.25, 0.3) is 11.8 Å². The Labute approximate surface area is 189 Å². The molecule has 32 heavy (non-hydrogen) atoms. The predicted octanol–water partition coefficient (Wildman–Crippen LogP) is 4.86. The van der Waals surface area contributed by atoms with Crippen LogP contribution in [0.5, 0.6) is 0 Å². The van der Waals surface area contributed by atoms with Crippen molar-refractivity contribution < 1.29 is 14.3 Å². The van der Waals surface area contributed by atoms with Gasteiger partial charge >= 0.3 is 0 Å². The van der Waals surface area contributed by atoms with Crippen LogP contribution >= 0.6 is 0 Å². The lowest BCUT2D eigenvalue weighted by atomic mass is 10.1. The van der Waals surface area contributed by atoms with Crippen molar-refractivity contribution in [2.24, 2.45) is 0 Å². The van der Waals surface area contributed by atoms with E-state index in [1.165, 1.54) is 0 Å². The summed E-state index contributed by atoms with van der Waals surface area (Å²) in [6.45, 7) is 7.33. The van der Waals surface area contributed by atoms with Crippen molar-refractivity contribution in [1.29, 1.82) is 0 Å². The van der Waals surface area contributed by atoms with E-state index in [4.69, 9.17) is 4.74 Å². The number of amides is 2. The summed E-state index contributed by atoms with van der Waals surface area (Å²) in [5.74, 6) is -0.333. The topological polar surface area (TPSA) is 67.4 Å². The molecule has 0 aliphatic heterocycles. The Hall–Kier alpha value is -3.44. The Morgan fingerprint density at radius 3 is 1.75 bits per heavy atom. The van der Waals surface area contributed by atoms with Crippen molar-refractivity contribution in [2.45, 2.75) is 46.1 Å². The van der Waals surface area contributed by atoms with Crippen molar-refractivity contribution in [3.05, 3.63) is 107 Å². The van der Waals surface area contributed by atoms with E-state index in [0.29, 0.717) is 30.9 Å². The first-order valence-corrected chi connectivity index (χ1v) is 10.7. The molecule has 2 N–H and O–H groups in total. The SMILES string of the molecule is CC(C)(C)NC(=O)c1ccc(C(=O)NCc2ccc(COCc3ccccc3)cc2)cc1. The number of benzene rings is 3. The average molecular weight is 431 g/mol. The van der Waals surface area contributed by atoms with E-state index in [1.807, 2.05) is 75.4 Å². The molecular weight excluding hydrogens is 400 g/mol. The van der Waals surface area contributed by atoms with Crippen molar-refractivity contribution in [3.63, 3.8) is 0 Å². The third-order valence-corrected chi connectivity index (χ3v) is 4.75. The molecular formula is C27H30N2O3. The second-order valence-corrected chi connectivity index (χ2v) is 8.76. The Morgan fingerprint density at radius 1 is 0.688 bits per heavy atom. The Bertz CT molecular complexity index is 1020. The maximum absolute atomic E-state index is 12.4. The lowest BCUT2D eigenvalue weighted by Crippen LogP contribution is -2.40. The number of carbonyl (C=O) groups is 2. The summed E-state index contributed by atoms with van der Waals surface area (Å²) in [4.78, 5) is 24.6. The van der Waals surface area contributed by atoms with Crippen molar-refractivity contribution in [3.8, 4) is 0 Å². The van der Waals surface area contributed by atoms with Gasteiger partial charge in [0.2, 0.25) is 0 Å². The van der Waals surface area contributed by atoms with Gasteiger partial charge in [0.05, 0.1) is 13.2 Å². The molecule has 0 fully saturated rings. The van der Waals surface area contributed by atoms with Gasteiger partial charge in [-0.15, -0.1) is 0 Å². The second kappa shape index (κ2) is 10.7. The van der Waals surface area contributed by atoms with Gasteiger partial charge in [-0.3, -0.25) is 9.59 Å². The number of rotatable bonds is 8. The lowest BCUT2D eigenvalue weighted by molar-refractivity contribution is 0.0915. The van der Waals surface area contributed by atoms with Crippen LogP contribution in [0.15, 0.2) is 78.9 Å². The van der Waals surface area contributed by atoms with Gasteiger partial charge in [-0.2, -0.15) is 0 Å². The predicted molar refractivity (Wildman–Crippen MR) is 126 cm³/mol. The van der Waals surface area contributed by atoms with Crippen LogP contribution in [0.1, 0.15) is 58.2 Å². The Balaban J connectivity index is 1.45. The van der Waals surface area contributed by atoms with Gasteiger partial charge in [-0.1, -0.05) is 54.6 Å². The average Bonchev–Trinajstić information content (AvgIpc) is 2.78. The van der Waals surface area contributed by atoms with Crippen LogP contribution in [0.25, 0.3) is 0 Å². The highest BCUT2D eigenvalue weighted by atomic mass is 16.5. The quantitative estimate of drug-likeness (QED) is 0.536. The lowest BCUT2D eigenvalue weighted by Gasteiger charge is -2.20. The summed E-state index contributed by atoms with van der Waals surface area (Å²) in [5, 5.41) is 5.82. The molecule has 0 aliphatic rings. The molecule has 0 aromatic heterocycles. The monoisotopic (exact) mass is 430 g/mol. The maximum atomic E-state index is 12.4. The number of hydrogen-bond donors (Lipinski definition) is 2. The zero-order chi connectivity index (χ0) is 23.0. The normalized spacial score (nSPS) is 11.1. The van der Waals surface area contributed by atoms with Gasteiger partial charge in [-0.05, 0) is 61.7 Å². The van der Waals surface area contributed by atoms with E-state index >= 15 is 0 Å². The first kappa shape index (κ1) is 23.2. The molecule has 3 aromatic carbocycles. The van der Waals surface area contributed by atoms with Gasteiger partial charge in [0.15, 0.2) is 0 Å². The molecule has 166 valence electrons. The van der Waals surface area contributed by atoms with Crippen LogP contribution in [-0.2, 0) is 24.5 Å². The number of ether oxygens (including phenoxy) is 1. The van der Waals surface area contributed by atoms with Gasteiger partial charge in [-0.25, -0.2) is 0 Å². The van der Waals surface area contributed by atoms with Gasteiger partial charge < -0.3 is 15.4 Å². The first-order chi connectivity index (χ1) is 15.3. The van der Waals surface area contributed by atoms with E-state index in [1.54, 1.807) is 24.3 Å². The highest BCUT2D eigenvalue weighted by Crippen LogP contribution is 2.10. The third-order valence-electron chi connectivity index (χ3n) is 4.75. The standard InChI is InChI=1S/C27H30N2O3/c1-27(2,3)29-26(31)24-15-13-23(14-16-24)25(30)28-17-20-9-11-22(12-10-20)19-32-18-21-7-5-4-6-8-21/h4-16H,17-19H2,1-3H3,(H,28,30)(H,29,31). The van der Waals surface area contributed by atoms with Crippen molar-refractivity contribution in [1.82, 2.24) is 10.6 Å². The van der Waals surface area contributed by atoms with Crippen molar-refractivity contribution in [2.75, 3.05) is 0 Å². The van der Waals surface area contributed by atoms with Crippen LogP contribution in [0.4, 0.5) is 0 Å². The molecule has 2 amide bonds. The largest absolute Gasteiger partial charge is 0.372 e. The molecule has 0 atom stereocenters. The van der Waals surface area contributed by atoms with Crippen LogP contribution in [0, 0.1) is 0 Å². The highest BCUT2D eigenvalue weighted by Gasteiger charge is 2.15. The van der Waals surface area contributed by atoms with E-state index < -0.39 is 0 Å². The van der Waals surface area contributed by atoms with Crippen LogP contribution in [0.2, 0.25) is 0 Å². The van der Waals surface area contributed by atoms with E-state index in [-0.39, 0.29) is 17.4 Å². The molecule has 0 saturated heterocycles. The smallest absolute Gasteiger partial charge is 0.251 e. The minimum atomic E-state index is -0.309. The molecule has 5 heteroatoms. The van der Waals surface area contributed by atoms with Crippen molar-refractivity contribution >= 4 is 11.8 Å². The molecule has 0 saturated carbocycles. The molecule has 0 bridgehead atoms. The summed E-state index contributed by atoms with van der Waals surface area (Å²) in [6, 6.07) is 24.7. The van der Waals surface area contributed by atoms with Gasteiger partial charge in [0.1, 0.15) is 0 Å². The molecule has 0 unspecified atom stereocenters. The second-order valence-electron chi connectivity index (χ2n) is 8.76. The Kier molecular flexibility index (Phi) is 7.79. The highest BCUT2D eigenvalue weighted by molar-refractivity contribution is 5.98. The summed E-state index contributed by atoms with van der Waals surface area (Å²) >= 11 is 0. The summed E-state index contributed by atoms with van der Waals surface area (Å²) in [6.07, 6.45) is 0. The van der Waals surface area contributed by atoms with Gasteiger partial charge in [0, 0.05) is 23.2 Å². The molecule has 0 heterocycles. The van der Waals surface area contributed by atoms with Crippen LogP contribution < -0.4 is 10.6 Å². The zero-order valence-corrected chi connectivity index (χ0v) is 18.9. The molecule has 0 spiro atoms. The van der Waals surface area contributed by atoms with E-state index in [9.17, 15) is 9.59 Å². The fraction of sp³-hybridized carbons (Fsp3) is 0.259.